The molecule has 7 heteroatoms. The van der Waals surface area contributed by atoms with Gasteiger partial charge in [-0.2, -0.15) is 0 Å². The Kier molecular flexibility index (Phi) is 4.78. The van der Waals surface area contributed by atoms with Gasteiger partial charge in [0, 0.05) is 17.1 Å². The normalized spacial score (nSPS) is 13.7. The third-order valence-corrected chi connectivity index (χ3v) is 5.85. The van der Waals surface area contributed by atoms with Gasteiger partial charge in [0.1, 0.15) is 11.8 Å². The minimum Gasteiger partial charge on any atom is -0.382 e. The maximum Gasteiger partial charge on any atom is 0.319 e. The van der Waals surface area contributed by atoms with Gasteiger partial charge in [0.25, 0.3) is 0 Å². The number of nitrogens with zero attached hydrogens (tertiary/aromatic N) is 3. The second-order valence-electron chi connectivity index (χ2n) is 7.85. The van der Waals surface area contributed by atoms with Crippen LogP contribution in [0.5, 0.6) is 0 Å². The first-order valence-corrected chi connectivity index (χ1v) is 10.5. The summed E-state index contributed by atoms with van der Waals surface area (Å²) >= 11 is 0. The lowest BCUT2D eigenvalue weighted by Crippen LogP contribution is -2.31. The van der Waals surface area contributed by atoms with Crippen LogP contribution in [-0.4, -0.2) is 20.6 Å². The Bertz CT molecular complexity index is 1250. The van der Waals surface area contributed by atoms with Gasteiger partial charge in [-0.25, -0.2) is 14.8 Å². The Morgan fingerprint density at radius 2 is 1.84 bits per heavy atom. The number of nitrogen functional groups attached to an aromatic ring is 1. The van der Waals surface area contributed by atoms with Gasteiger partial charge < -0.3 is 20.9 Å². The number of nitrogens with two attached hydrogens (primary N) is 1. The van der Waals surface area contributed by atoms with E-state index < -0.39 is 0 Å². The van der Waals surface area contributed by atoms with Crippen molar-refractivity contribution in [3.05, 3.63) is 77.7 Å². The number of aryl methyl sites for hydroxylation is 1. The van der Waals surface area contributed by atoms with Crippen molar-refractivity contribution >= 4 is 28.6 Å². The van der Waals surface area contributed by atoms with Crippen LogP contribution >= 0.6 is 0 Å². The van der Waals surface area contributed by atoms with Crippen molar-refractivity contribution in [3.63, 3.8) is 0 Å². The molecule has 1 unspecified atom stereocenters. The largest absolute Gasteiger partial charge is 0.382 e. The van der Waals surface area contributed by atoms with Crippen LogP contribution in [-0.2, 0) is 12.8 Å². The van der Waals surface area contributed by atoms with E-state index in [9.17, 15) is 4.79 Å². The molecule has 1 aliphatic carbocycles. The maximum atomic E-state index is 12.4. The van der Waals surface area contributed by atoms with E-state index in [4.69, 9.17) is 5.73 Å². The molecule has 4 aromatic rings. The number of urea groups is 1. The van der Waals surface area contributed by atoms with Crippen LogP contribution < -0.4 is 16.4 Å². The molecule has 5 rings (SSSR count). The summed E-state index contributed by atoms with van der Waals surface area (Å²) in [5, 5.41) is 5.87. The molecule has 1 aliphatic rings. The molecular formula is C24H24N6O. The predicted octanol–water partition coefficient (Wildman–Crippen LogP) is 4.37. The second-order valence-corrected chi connectivity index (χ2v) is 7.85. The predicted molar refractivity (Wildman–Crippen MR) is 122 cm³/mol. The van der Waals surface area contributed by atoms with E-state index in [0.717, 1.165) is 47.2 Å². The number of hydrogen-bond acceptors (Lipinski definition) is 4. The van der Waals surface area contributed by atoms with Gasteiger partial charge in [0.15, 0.2) is 5.82 Å². The Morgan fingerprint density at radius 1 is 1.06 bits per heavy atom. The van der Waals surface area contributed by atoms with Crippen LogP contribution in [0.25, 0.3) is 16.7 Å². The molecule has 0 saturated carbocycles. The molecule has 2 aromatic heterocycles. The first-order chi connectivity index (χ1) is 15.1. The third-order valence-electron chi connectivity index (χ3n) is 5.85. The molecule has 1 atom stereocenters. The number of nitrogens with one attached hydrogen (secondary N) is 2. The van der Waals surface area contributed by atoms with Crippen LogP contribution in [0.3, 0.4) is 0 Å². The van der Waals surface area contributed by atoms with Crippen molar-refractivity contribution in [3.8, 4) is 5.69 Å². The summed E-state index contributed by atoms with van der Waals surface area (Å²) in [5.41, 5.74) is 13.3. The van der Waals surface area contributed by atoms with E-state index in [1.54, 1.807) is 0 Å². The SMILES string of the molecule is CC(NC(=O)Nc1ccc(-n2c3c(c4ncnc(N)c42)CCC3)cc1)c1ccccc1. The van der Waals surface area contributed by atoms with Crippen molar-refractivity contribution in [2.45, 2.75) is 32.2 Å². The average Bonchev–Trinajstić information content (AvgIpc) is 3.37. The lowest BCUT2D eigenvalue weighted by Gasteiger charge is -2.15. The summed E-state index contributed by atoms with van der Waals surface area (Å²) in [4.78, 5) is 21.1. The van der Waals surface area contributed by atoms with Gasteiger partial charge >= 0.3 is 6.03 Å². The number of fused-ring (bicyclic) bond motifs is 3. The van der Waals surface area contributed by atoms with E-state index >= 15 is 0 Å². The first-order valence-electron chi connectivity index (χ1n) is 10.5. The zero-order chi connectivity index (χ0) is 21.4. The topological polar surface area (TPSA) is 97.9 Å². The molecule has 7 nitrogen and oxygen atoms in total. The smallest absolute Gasteiger partial charge is 0.319 e. The first kappa shape index (κ1) is 19.1. The van der Waals surface area contributed by atoms with Gasteiger partial charge in [-0.15, -0.1) is 0 Å². The highest BCUT2D eigenvalue weighted by Gasteiger charge is 2.25. The highest BCUT2D eigenvalue weighted by molar-refractivity contribution is 5.92. The average molecular weight is 412 g/mol. The molecule has 0 bridgehead atoms. The number of hydrogen-bond donors (Lipinski definition) is 3. The van der Waals surface area contributed by atoms with Crippen LogP contribution in [0, 0.1) is 0 Å². The summed E-state index contributed by atoms with van der Waals surface area (Å²) < 4.78 is 2.16. The Hall–Kier alpha value is -3.87. The monoisotopic (exact) mass is 412 g/mol. The molecule has 0 aliphatic heterocycles. The van der Waals surface area contributed by atoms with Gasteiger partial charge in [-0.05, 0) is 61.6 Å². The van der Waals surface area contributed by atoms with Crippen LogP contribution in [0.15, 0.2) is 60.9 Å². The molecule has 0 spiro atoms. The quantitative estimate of drug-likeness (QED) is 0.463. The van der Waals surface area contributed by atoms with Crippen molar-refractivity contribution in [2.75, 3.05) is 11.1 Å². The summed E-state index contributed by atoms with van der Waals surface area (Å²) in [6.07, 6.45) is 4.65. The second kappa shape index (κ2) is 7.75. The Labute approximate surface area is 180 Å². The fourth-order valence-electron chi connectivity index (χ4n) is 4.37. The number of benzene rings is 2. The molecule has 156 valence electrons. The minimum atomic E-state index is -0.242. The van der Waals surface area contributed by atoms with Crippen LogP contribution in [0.2, 0.25) is 0 Å². The molecule has 0 radical (unpaired) electrons. The van der Waals surface area contributed by atoms with Crippen LogP contribution in [0.4, 0.5) is 16.3 Å². The zero-order valence-corrected chi connectivity index (χ0v) is 17.3. The molecule has 0 saturated heterocycles. The van der Waals surface area contributed by atoms with E-state index in [2.05, 4.69) is 25.2 Å². The molecule has 31 heavy (non-hydrogen) atoms. The number of amides is 2. The summed E-state index contributed by atoms with van der Waals surface area (Å²) in [6.45, 7) is 1.96. The maximum absolute atomic E-state index is 12.4. The lowest BCUT2D eigenvalue weighted by molar-refractivity contribution is 0.249. The highest BCUT2D eigenvalue weighted by atomic mass is 16.2. The third kappa shape index (κ3) is 3.48. The zero-order valence-electron chi connectivity index (χ0n) is 17.3. The Morgan fingerprint density at radius 3 is 2.61 bits per heavy atom. The molecule has 2 aromatic carbocycles. The van der Waals surface area contributed by atoms with E-state index in [0.29, 0.717) is 5.82 Å². The van der Waals surface area contributed by atoms with Crippen molar-refractivity contribution in [1.29, 1.82) is 0 Å². The van der Waals surface area contributed by atoms with Gasteiger partial charge in [-0.3, -0.25) is 0 Å². The summed E-state index contributed by atoms with van der Waals surface area (Å²) in [7, 11) is 0. The minimum absolute atomic E-state index is 0.0859. The fraction of sp³-hybridized carbons (Fsp3) is 0.208. The highest BCUT2D eigenvalue weighted by Crippen LogP contribution is 2.36. The number of carbonyl (C=O) groups excluding carboxylic acids is 1. The van der Waals surface area contributed by atoms with Crippen LogP contribution in [0.1, 0.15) is 36.2 Å². The summed E-state index contributed by atoms with van der Waals surface area (Å²) in [5.74, 6) is 0.482. The number of carbonyl (C=O) groups is 1. The lowest BCUT2D eigenvalue weighted by atomic mass is 10.1. The van der Waals surface area contributed by atoms with Gasteiger partial charge in [0.05, 0.1) is 11.6 Å². The fourth-order valence-corrected chi connectivity index (χ4v) is 4.37. The molecule has 2 heterocycles. The van der Waals surface area contributed by atoms with Crippen molar-refractivity contribution in [2.24, 2.45) is 0 Å². The number of anilines is 2. The standard InChI is InChI=1S/C24H24N6O/c1-15(16-6-3-2-4-7-16)28-24(31)29-17-10-12-18(13-11-17)30-20-9-5-8-19(20)21-22(30)23(25)27-14-26-21/h2-4,6-7,10-15H,5,8-9H2,1H3,(H2,25,26,27)(H2,28,29,31). The van der Waals surface area contributed by atoms with Gasteiger partial charge in [-0.1, -0.05) is 30.3 Å². The van der Waals surface area contributed by atoms with Crippen molar-refractivity contribution < 1.29 is 4.79 Å². The van der Waals surface area contributed by atoms with E-state index in [1.165, 1.54) is 17.6 Å². The number of aromatic nitrogens is 3. The number of rotatable bonds is 4. The molecule has 4 N–H and O–H groups in total. The molecule has 2 amide bonds. The molecule has 0 fully saturated rings. The van der Waals surface area contributed by atoms with E-state index in [1.807, 2.05) is 61.5 Å². The van der Waals surface area contributed by atoms with Crippen molar-refractivity contribution in [1.82, 2.24) is 19.9 Å². The molecular weight excluding hydrogens is 388 g/mol. The Balaban J connectivity index is 1.37. The summed E-state index contributed by atoms with van der Waals surface area (Å²) in [6, 6.07) is 17.3. The van der Waals surface area contributed by atoms with Gasteiger partial charge in [0.2, 0.25) is 0 Å². The van der Waals surface area contributed by atoms with E-state index in [-0.39, 0.29) is 12.1 Å².